The van der Waals surface area contributed by atoms with E-state index in [1.54, 1.807) is 0 Å². The molecule has 0 spiro atoms. The van der Waals surface area contributed by atoms with E-state index >= 15 is 0 Å². The molecule has 1 aromatic rings. The van der Waals surface area contributed by atoms with Crippen molar-refractivity contribution in [3.8, 4) is 0 Å². The first kappa shape index (κ1) is 15.4. The summed E-state index contributed by atoms with van der Waals surface area (Å²) >= 11 is 5.62. The van der Waals surface area contributed by atoms with Gasteiger partial charge in [-0.3, -0.25) is 5.10 Å². The van der Waals surface area contributed by atoms with Crippen molar-refractivity contribution in [2.24, 2.45) is 0 Å². The standard InChI is InChI=1S/C9H16ClN3O4S/c1-16-6-8(17-2)5-12-18(14,15)9-7(3-10)4-11-13-9/h4,8,12H,3,5-6H2,1-2H3,(H,11,13). The van der Waals surface area contributed by atoms with Crippen LogP contribution >= 0.6 is 11.6 Å². The lowest BCUT2D eigenvalue weighted by Gasteiger charge is -2.14. The van der Waals surface area contributed by atoms with Gasteiger partial charge in [0.25, 0.3) is 10.0 Å². The van der Waals surface area contributed by atoms with Gasteiger partial charge in [0, 0.05) is 26.3 Å². The van der Waals surface area contributed by atoms with Gasteiger partial charge < -0.3 is 9.47 Å². The number of aromatic amines is 1. The molecular weight excluding hydrogens is 282 g/mol. The Morgan fingerprint density at radius 1 is 1.56 bits per heavy atom. The van der Waals surface area contributed by atoms with Gasteiger partial charge in [-0.25, -0.2) is 13.1 Å². The number of methoxy groups -OCH3 is 2. The van der Waals surface area contributed by atoms with Crippen LogP contribution in [0, 0.1) is 0 Å². The van der Waals surface area contributed by atoms with E-state index in [0.717, 1.165) is 0 Å². The third-order valence-electron chi connectivity index (χ3n) is 2.28. The molecular formula is C9H16ClN3O4S. The van der Waals surface area contributed by atoms with Crippen molar-refractivity contribution in [3.05, 3.63) is 11.8 Å². The third kappa shape index (κ3) is 3.92. The molecule has 1 rings (SSSR count). The van der Waals surface area contributed by atoms with Crippen LogP contribution < -0.4 is 4.72 Å². The van der Waals surface area contributed by atoms with E-state index in [1.807, 2.05) is 0 Å². The first-order valence-corrected chi connectivity index (χ1v) is 7.16. The van der Waals surface area contributed by atoms with Crippen LogP contribution in [0.3, 0.4) is 0 Å². The van der Waals surface area contributed by atoms with Crippen molar-refractivity contribution in [1.29, 1.82) is 0 Å². The molecule has 104 valence electrons. The van der Waals surface area contributed by atoms with Crippen molar-refractivity contribution in [2.45, 2.75) is 17.0 Å². The van der Waals surface area contributed by atoms with Crippen LogP contribution in [-0.4, -0.2) is 52.1 Å². The highest BCUT2D eigenvalue weighted by Gasteiger charge is 2.21. The van der Waals surface area contributed by atoms with Crippen molar-refractivity contribution in [2.75, 3.05) is 27.4 Å². The highest BCUT2D eigenvalue weighted by Crippen LogP contribution is 2.13. The number of H-pyrrole nitrogens is 1. The molecule has 0 bridgehead atoms. The molecule has 0 aliphatic heterocycles. The maximum atomic E-state index is 12.0. The number of hydrogen-bond donors (Lipinski definition) is 2. The maximum Gasteiger partial charge on any atom is 0.257 e. The fourth-order valence-corrected chi connectivity index (χ4v) is 2.77. The Hall–Kier alpha value is -0.670. The van der Waals surface area contributed by atoms with Crippen molar-refractivity contribution >= 4 is 21.6 Å². The highest BCUT2D eigenvalue weighted by atomic mass is 35.5. The van der Waals surface area contributed by atoms with Crippen molar-refractivity contribution < 1.29 is 17.9 Å². The molecule has 1 aromatic heterocycles. The van der Waals surface area contributed by atoms with Gasteiger partial charge in [-0.05, 0) is 0 Å². The van der Waals surface area contributed by atoms with Crippen molar-refractivity contribution in [1.82, 2.24) is 14.9 Å². The van der Waals surface area contributed by atoms with Gasteiger partial charge in [0.2, 0.25) is 0 Å². The van der Waals surface area contributed by atoms with Crippen LogP contribution in [0.2, 0.25) is 0 Å². The molecule has 2 N–H and O–H groups in total. The number of hydrogen-bond acceptors (Lipinski definition) is 5. The number of rotatable bonds is 8. The summed E-state index contributed by atoms with van der Waals surface area (Å²) in [5, 5.41) is 6.05. The Morgan fingerprint density at radius 3 is 2.83 bits per heavy atom. The van der Waals surface area contributed by atoms with Gasteiger partial charge in [-0.15, -0.1) is 11.6 Å². The first-order valence-electron chi connectivity index (χ1n) is 5.14. The fraction of sp³-hybridized carbons (Fsp3) is 0.667. The Morgan fingerprint density at radius 2 is 2.28 bits per heavy atom. The molecule has 0 saturated carbocycles. The third-order valence-corrected chi connectivity index (χ3v) is 4.00. The zero-order valence-electron chi connectivity index (χ0n) is 10.1. The Kier molecular flexibility index (Phi) is 6.03. The average molecular weight is 298 g/mol. The minimum Gasteiger partial charge on any atom is -0.382 e. The normalized spacial score (nSPS) is 13.7. The topological polar surface area (TPSA) is 93.3 Å². The molecule has 0 aromatic carbocycles. The van der Waals surface area contributed by atoms with Gasteiger partial charge in [0.1, 0.15) is 0 Å². The van der Waals surface area contributed by atoms with E-state index in [1.165, 1.54) is 20.4 Å². The highest BCUT2D eigenvalue weighted by molar-refractivity contribution is 7.89. The lowest BCUT2D eigenvalue weighted by molar-refractivity contribution is 0.0320. The number of ether oxygens (including phenoxy) is 2. The van der Waals surface area contributed by atoms with E-state index < -0.39 is 10.0 Å². The van der Waals surface area contributed by atoms with E-state index in [0.29, 0.717) is 12.2 Å². The van der Waals surface area contributed by atoms with Crippen LogP contribution in [0.25, 0.3) is 0 Å². The van der Waals surface area contributed by atoms with Crippen LogP contribution in [0.1, 0.15) is 5.56 Å². The van der Waals surface area contributed by atoms with E-state index in [4.69, 9.17) is 21.1 Å². The second-order valence-electron chi connectivity index (χ2n) is 3.52. The summed E-state index contributed by atoms with van der Waals surface area (Å²) < 4.78 is 36.3. The summed E-state index contributed by atoms with van der Waals surface area (Å²) in [6.07, 6.45) is 1.02. The van der Waals surface area contributed by atoms with Crippen LogP contribution in [0.5, 0.6) is 0 Å². The molecule has 0 aliphatic carbocycles. The molecule has 0 saturated heterocycles. The Labute approximate surface area is 111 Å². The number of sulfonamides is 1. The number of nitrogens with one attached hydrogen (secondary N) is 2. The number of halogens is 1. The second kappa shape index (κ2) is 7.05. The molecule has 0 fully saturated rings. The molecule has 1 heterocycles. The average Bonchev–Trinajstić information content (AvgIpc) is 2.83. The predicted octanol–water partition coefficient (Wildman–Crippen LogP) is 0.0882. The molecule has 1 atom stereocenters. The van der Waals surface area contributed by atoms with Gasteiger partial charge in [-0.2, -0.15) is 5.10 Å². The number of aromatic nitrogens is 2. The fourth-order valence-electron chi connectivity index (χ4n) is 1.30. The maximum absolute atomic E-state index is 12.0. The second-order valence-corrected chi connectivity index (χ2v) is 5.49. The molecule has 1 unspecified atom stereocenters. The minimum absolute atomic E-state index is 0.0234. The van der Waals surface area contributed by atoms with Gasteiger partial charge in [0.15, 0.2) is 5.03 Å². The molecule has 18 heavy (non-hydrogen) atoms. The van der Waals surface area contributed by atoms with Crippen LogP contribution in [-0.2, 0) is 25.4 Å². The SMILES string of the molecule is COCC(CNS(=O)(=O)c1[nH]ncc1CCl)OC. The van der Waals surface area contributed by atoms with Crippen LogP contribution in [0.4, 0.5) is 0 Å². The van der Waals surface area contributed by atoms with Gasteiger partial charge in [-0.1, -0.05) is 0 Å². The summed E-state index contributed by atoms with van der Waals surface area (Å²) in [4.78, 5) is 0. The van der Waals surface area contributed by atoms with Crippen molar-refractivity contribution in [3.63, 3.8) is 0 Å². The lowest BCUT2D eigenvalue weighted by Crippen LogP contribution is -2.36. The largest absolute Gasteiger partial charge is 0.382 e. The summed E-state index contributed by atoms with van der Waals surface area (Å²) in [7, 11) is -0.672. The number of alkyl halides is 1. The summed E-state index contributed by atoms with van der Waals surface area (Å²) in [6, 6.07) is 0. The molecule has 0 radical (unpaired) electrons. The molecule has 0 aliphatic rings. The molecule has 0 amide bonds. The lowest BCUT2D eigenvalue weighted by atomic mass is 10.4. The quantitative estimate of drug-likeness (QED) is 0.663. The Balaban J connectivity index is 2.71. The molecule has 7 nitrogen and oxygen atoms in total. The zero-order valence-corrected chi connectivity index (χ0v) is 11.7. The number of nitrogens with zero attached hydrogens (tertiary/aromatic N) is 1. The predicted molar refractivity (Wildman–Crippen MR) is 66.0 cm³/mol. The summed E-state index contributed by atoms with van der Waals surface area (Å²) in [5.41, 5.74) is 0.421. The van der Waals surface area contributed by atoms with Gasteiger partial charge in [0.05, 0.1) is 24.8 Å². The van der Waals surface area contributed by atoms with Crippen LogP contribution in [0.15, 0.2) is 11.2 Å². The zero-order chi connectivity index (χ0) is 13.6. The minimum atomic E-state index is -3.67. The first-order chi connectivity index (χ1) is 8.55. The summed E-state index contributed by atoms with van der Waals surface area (Å²) in [6.45, 7) is 0.401. The van der Waals surface area contributed by atoms with E-state index in [9.17, 15) is 8.42 Å². The van der Waals surface area contributed by atoms with E-state index in [2.05, 4.69) is 14.9 Å². The smallest absolute Gasteiger partial charge is 0.257 e. The summed E-state index contributed by atoms with van der Waals surface area (Å²) in [5.74, 6) is 0.0680. The Bertz CT molecular complexity index is 462. The monoisotopic (exact) mass is 297 g/mol. The molecule has 9 heteroatoms. The van der Waals surface area contributed by atoms with E-state index in [-0.39, 0.29) is 23.6 Å². The van der Waals surface area contributed by atoms with Gasteiger partial charge >= 0.3 is 0 Å².